The van der Waals surface area contributed by atoms with Gasteiger partial charge in [-0.1, -0.05) is 18.2 Å². The van der Waals surface area contributed by atoms with Crippen molar-refractivity contribution in [3.8, 4) is 0 Å². The summed E-state index contributed by atoms with van der Waals surface area (Å²) in [5.41, 5.74) is 5.92. The molecule has 4 nitrogen and oxygen atoms in total. The number of piperazine rings is 1. The van der Waals surface area contributed by atoms with Crippen LogP contribution >= 0.6 is 0 Å². The molecule has 0 unspecified atom stereocenters. The number of carbonyl (C=O) groups excluding carboxylic acids is 1. The van der Waals surface area contributed by atoms with Crippen molar-refractivity contribution < 1.29 is 18.0 Å². The molecule has 1 heterocycles. The normalized spacial score (nSPS) is 25.4. The summed E-state index contributed by atoms with van der Waals surface area (Å²) in [6, 6.07) is 5.59. The van der Waals surface area contributed by atoms with E-state index >= 15 is 0 Å². The minimum absolute atomic E-state index is 0.0463. The van der Waals surface area contributed by atoms with Crippen LogP contribution in [-0.4, -0.2) is 47.9 Å². The lowest BCUT2D eigenvalue weighted by molar-refractivity contribution is -0.138. The second-order valence-corrected chi connectivity index (χ2v) is 7.07. The number of hydrogen-bond acceptors (Lipinski definition) is 3. The van der Waals surface area contributed by atoms with E-state index in [0.717, 1.165) is 25.3 Å². The zero-order valence-corrected chi connectivity index (χ0v) is 14.1. The zero-order valence-electron chi connectivity index (χ0n) is 14.1. The van der Waals surface area contributed by atoms with Gasteiger partial charge in [0.15, 0.2) is 0 Å². The molecule has 1 aromatic carbocycles. The predicted molar refractivity (Wildman–Crippen MR) is 88.6 cm³/mol. The molecule has 1 amide bonds. The maximum atomic E-state index is 12.8. The summed E-state index contributed by atoms with van der Waals surface area (Å²) >= 11 is 0. The molecule has 2 N–H and O–H groups in total. The molecule has 0 radical (unpaired) electrons. The van der Waals surface area contributed by atoms with Crippen molar-refractivity contribution in [3.05, 3.63) is 35.4 Å². The van der Waals surface area contributed by atoms with Gasteiger partial charge in [-0.2, -0.15) is 13.2 Å². The van der Waals surface area contributed by atoms with Crippen LogP contribution in [0.4, 0.5) is 13.2 Å². The largest absolute Gasteiger partial charge is 0.416 e. The molecule has 1 aliphatic heterocycles. The van der Waals surface area contributed by atoms with Gasteiger partial charge < -0.3 is 10.6 Å². The molecular weight excluding hydrogens is 331 g/mol. The van der Waals surface area contributed by atoms with E-state index in [-0.39, 0.29) is 17.9 Å². The molecule has 2 fully saturated rings. The highest BCUT2D eigenvalue weighted by Gasteiger charge is 2.33. The molecule has 0 bridgehead atoms. The highest BCUT2D eigenvalue weighted by atomic mass is 19.4. The number of carbonyl (C=O) groups is 1. The molecule has 1 saturated carbocycles. The molecule has 138 valence electrons. The van der Waals surface area contributed by atoms with Crippen LogP contribution in [0.25, 0.3) is 0 Å². The summed E-state index contributed by atoms with van der Waals surface area (Å²) in [6.45, 7) is 3.09. The molecule has 1 saturated heterocycles. The van der Waals surface area contributed by atoms with Gasteiger partial charge in [-0.3, -0.25) is 9.69 Å². The van der Waals surface area contributed by atoms with Gasteiger partial charge >= 0.3 is 6.18 Å². The van der Waals surface area contributed by atoms with E-state index in [1.807, 2.05) is 4.90 Å². The van der Waals surface area contributed by atoms with Gasteiger partial charge in [-0.25, -0.2) is 0 Å². The average Bonchev–Trinajstić information content (AvgIpc) is 3.01. The maximum absolute atomic E-state index is 12.8. The van der Waals surface area contributed by atoms with Gasteiger partial charge in [0, 0.05) is 44.7 Å². The lowest BCUT2D eigenvalue weighted by Crippen LogP contribution is -2.49. The van der Waals surface area contributed by atoms with E-state index in [9.17, 15) is 18.0 Å². The number of hydrogen-bond donors (Lipinski definition) is 1. The van der Waals surface area contributed by atoms with Crippen LogP contribution in [0.5, 0.6) is 0 Å². The minimum Gasteiger partial charge on any atom is -0.340 e. The van der Waals surface area contributed by atoms with Crippen molar-refractivity contribution in [2.24, 2.45) is 11.7 Å². The highest BCUT2D eigenvalue weighted by molar-refractivity contribution is 5.79. The molecule has 0 aromatic heterocycles. The summed E-state index contributed by atoms with van der Waals surface area (Å²) in [6.07, 6.45) is -1.77. The minimum atomic E-state index is -4.32. The first-order chi connectivity index (χ1) is 11.8. The van der Waals surface area contributed by atoms with Crippen LogP contribution in [0.3, 0.4) is 0 Å². The van der Waals surface area contributed by atoms with Gasteiger partial charge in [-0.05, 0) is 30.9 Å². The molecule has 7 heteroatoms. The first-order valence-corrected chi connectivity index (χ1v) is 8.76. The monoisotopic (exact) mass is 355 g/mol. The number of nitrogens with zero attached hydrogens (tertiary/aromatic N) is 2. The van der Waals surface area contributed by atoms with Crippen LogP contribution in [0, 0.1) is 5.92 Å². The van der Waals surface area contributed by atoms with E-state index < -0.39 is 11.7 Å². The molecule has 1 aromatic rings. The predicted octanol–water partition coefficient (Wildman–Crippen LogP) is 2.48. The Kier molecular flexibility index (Phi) is 5.34. The van der Waals surface area contributed by atoms with Crippen LogP contribution in [0.1, 0.15) is 30.4 Å². The van der Waals surface area contributed by atoms with Crippen molar-refractivity contribution in [2.45, 2.75) is 38.0 Å². The van der Waals surface area contributed by atoms with Crippen molar-refractivity contribution >= 4 is 5.91 Å². The van der Waals surface area contributed by atoms with Crippen LogP contribution in [-0.2, 0) is 17.5 Å². The van der Waals surface area contributed by atoms with Crippen LogP contribution in [0.2, 0.25) is 0 Å². The Morgan fingerprint density at radius 3 is 2.48 bits per heavy atom. The Morgan fingerprint density at radius 2 is 1.88 bits per heavy atom. The summed E-state index contributed by atoms with van der Waals surface area (Å²) in [7, 11) is 0. The lowest BCUT2D eigenvalue weighted by atomic mass is 10.1. The number of nitrogens with two attached hydrogens (primary N) is 1. The Morgan fingerprint density at radius 1 is 1.16 bits per heavy atom. The maximum Gasteiger partial charge on any atom is 0.416 e. The van der Waals surface area contributed by atoms with E-state index in [1.54, 1.807) is 6.07 Å². The van der Waals surface area contributed by atoms with E-state index in [1.165, 1.54) is 12.1 Å². The first kappa shape index (κ1) is 18.2. The Bertz CT molecular complexity index is 612. The molecule has 25 heavy (non-hydrogen) atoms. The number of alkyl halides is 3. The number of rotatable bonds is 3. The fraction of sp³-hybridized carbons (Fsp3) is 0.611. The summed E-state index contributed by atoms with van der Waals surface area (Å²) < 4.78 is 38.4. The quantitative estimate of drug-likeness (QED) is 0.906. The SMILES string of the molecule is N[C@H]1CC[C@@H](C(=O)N2CCN(Cc3cccc(C(F)(F)F)c3)CC2)C1. The van der Waals surface area contributed by atoms with Gasteiger partial charge in [-0.15, -0.1) is 0 Å². The number of benzene rings is 1. The molecular formula is C18H24F3N3O. The highest BCUT2D eigenvalue weighted by Crippen LogP contribution is 2.30. The second kappa shape index (κ2) is 7.33. The van der Waals surface area contributed by atoms with E-state index in [4.69, 9.17) is 5.73 Å². The zero-order chi connectivity index (χ0) is 18.0. The molecule has 3 rings (SSSR count). The van der Waals surface area contributed by atoms with Crippen LogP contribution < -0.4 is 5.73 Å². The Balaban J connectivity index is 1.52. The Hall–Kier alpha value is -1.60. The summed E-state index contributed by atoms with van der Waals surface area (Å²) in [5, 5.41) is 0. The molecule has 0 spiro atoms. The van der Waals surface area contributed by atoms with E-state index in [2.05, 4.69) is 4.90 Å². The first-order valence-electron chi connectivity index (χ1n) is 8.76. The fourth-order valence-corrected chi connectivity index (χ4v) is 3.73. The number of halogens is 3. The topological polar surface area (TPSA) is 49.6 Å². The standard InChI is InChI=1S/C18H24F3N3O/c19-18(20,21)15-3-1-2-13(10-15)12-23-6-8-24(9-7-23)17(25)14-4-5-16(22)11-14/h1-3,10,14,16H,4-9,11-12,22H2/t14-,16+/m1/s1. The number of amides is 1. The molecule has 1 aliphatic carbocycles. The summed E-state index contributed by atoms with van der Waals surface area (Å²) in [4.78, 5) is 16.5. The fourth-order valence-electron chi connectivity index (χ4n) is 3.73. The Labute approximate surface area is 145 Å². The van der Waals surface area contributed by atoms with E-state index in [0.29, 0.717) is 38.3 Å². The molecule has 2 atom stereocenters. The van der Waals surface area contributed by atoms with Gasteiger partial charge in [0.05, 0.1) is 5.56 Å². The smallest absolute Gasteiger partial charge is 0.340 e. The van der Waals surface area contributed by atoms with Crippen molar-refractivity contribution in [3.63, 3.8) is 0 Å². The second-order valence-electron chi connectivity index (χ2n) is 7.07. The van der Waals surface area contributed by atoms with Gasteiger partial charge in [0.2, 0.25) is 5.91 Å². The van der Waals surface area contributed by atoms with Crippen molar-refractivity contribution in [1.82, 2.24) is 9.80 Å². The van der Waals surface area contributed by atoms with Gasteiger partial charge in [0.1, 0.15) is 0 Å². The van der Waals surface area contributed by atoms with Gasteiger partial charge in [0.25, 0.3) is 0 Å². The lowest BCUT2D eigenvalue weighted by Gasteiger charge is -2.36. The molecule has 2 aliphatic rings. The third-order valence-corrected chi connectivity index (χ3v) is 5.17. The van der Waals surface area contributed by atoms with Crippen LogP contribution in [0.15, 0.2) is 24.3 Å². The average molecular weight is 355 g/mol. The summed E-state index contributed by atoms with van der Waals surface area (Å²) in [5.74, 6) is 0.233. The third-order valence-electron chi connectivity index (χ3n) is 5.17. The van der Waals surface area contributed by atoms with Crippen molar-refractivity contribution in [1.29, 1.82) is 0 Å². The van der Waals surface area contributed by atoms with Crippen molar-refractivity contribution in [2.75, 3.05) is 26.2 Å². The third kappa shape index (κ3) is 4.52.